The molecular weight excluding hydrogens is 532 g/mol. The Kier molecular flexibility index (Phi) is 7.79. The van der Waals surface area contributed by atoms with Crippen LogP contribution in [-0.4, -0.2) is 89.0 Å². The van der Waals surface area contributed by atoms with Crippen molar-refractivity contribution < 1.29 is 29.3 Å². The minimum absolute atomic E-state index is 0.158. The summed E-state index contributed by atoms with van der Waals surface area (Å²) in [6.45, 7) is 2.13. The van der Waals surface area contributed by atoms with E-state index in [9.17, 15) is 24.6 Å². The highest BCUT2D eigenvalue weighted by molar-refractivity contribution is 5.90. The molecule has 0 radical (unpaired) electrons. The Morgan fingerprint density at radius 2 is 1.93 bits per heavy atom. The summed E-state index contributed by atoms with van der Waals surface area (Å²) in [4.78, 5) is 51.2. The Morgan fingerprint density at radius 3 is 2.63 bits per heavy atom. The fourth-order valence-corrected chi connectivity index (χ4v) is 4.73. The number of aromatic nitrogens is 5. The van der Waals surface area contributed by atoms with Gasteiger partial charge in [0.05, 0.1) is 17.6 Å². The number of nitrogens with one attached hydrogen (secondary N) is 2. The van der Waals surface area contributed by atoms with Gasteiger partial charge in [-0.2, -0.15) is 0 Å². The van der Waals surface area contributed by atoms with Gasteiger partial charge in [-0.1, -0.05) is 36.4 Å². The fourth-order valence-electron chi connectivity index (χ4n) is 4.73. The molecule has 3 heterocycles. The van der Waals surface area contributed by atoms with Crippen LogP contribution in [0, 0.1) is 6.92 Å². The highest BCUT2D eigenvalue weighted by Crippen LogP contribution is 2.29. The number of aliphatic hydroxyl groups excluding tert-OH is 2. The number of likely N-dealkylation sites (N-methyl/N-ethyl adjacent to an activating group) is 1. The molecule has 214 valence electrons. The summed E-state index contributed by atoms with van der Waals surface area (Å²) in [5.41, 5.74) is 8.67. The first kappa shape index (κ1) is 27.9. The lowest BCUT2D eigenvalue weighted by Gasteiger charge is -2.26. The maximum atomic E-state index is 13.6. The molecule has 14 nitrogen and oxygen atoms in total. The van der Waals surface area contributed by atoms with Gasteiger partial charge in [0.15, 0.2) is 12.3 Å². The van der Waals surface area contributed by atoms with E-state index < -0.39 is 48.3 Å². The van der Waals surface area contributed by atoms with Gasteiger partial charge in [0, 0.05) is 13.5 Å². The molecule has 6 N–H and O–H groups in total. The zero-order valence-electron chi connectivity index (χ0n) is 22.3. The zero-order valence-corrected chi connectivity index (χ0v) is 22.3. The Balaban J connectivity index is 1.32. The van der Waals surface area contributed by atoms with Crippen LogP contribution in [0.2, 0.25) is 0 Å². The van der Waals surface area contributed by atoms with Crippen molar-refractivity contribution in [2.24, 2.45) is 5.73 Å². The maximum Gasteiger partial charge on any atom is 0.288 e. The standard InChI is InChI=1S/C27H30N8O6/c1-14-8-9-16-17(10-14)31-19(30-16)12-34(2)26(40)18(11-15-6-4-3-5-7-15)32-25(39)22-20(36)21(37)27(41-22)35-13-29-24(33-35)23(28)38/h3-10,13,18,20-22,27,36-37H,11-12H2,1-2H3,(H2,28,38)(H,30,31)(H,32,39)/t18-,20+,21-,22+,27-/m1/s1. The summed E-state index contributed by atoms with van der Waals surface area (Å²) in [6, 6.07) is 13.9. The van der Waals surface area contributed by atoms with Crippen LogP contribution in [-0.2, 0) is 27.3 Å². The Labute approximate surface area is 234 Å². The van der Waals surface area contributed by atoms with Gasteiger partial charge in [0.1, 0.15) is 30.4 Å². The molecule has 2 aromatic heterocycles. The second-order valence-corrected chi connectivity index (χ2v) is 9.99. The molecular formula is C27H30N8O6. The summed E-state index contributed by atoms with van der Waals surface area (Å²) < 4.78 is 6.61. The zero-order chi connectivity index (χ0) is 29.3. The van der Waals surface area contributed by atoms with Crippen LogP contribution < -0.4 is 11.1 Å². The van der Waals surface area contributed by atoms with E-state index in [0.717, 1.165) is 33.2 Å². The fraction of sp³-hybridized carbons (Fsp3) is 0.333. The first-order valence-electron chi connectivity index (χ1n) is 12.9. The van der Waals surface area contributed by atoms with Crippen molar-refractivity contribution in [3.05, 3.63) is 77.6 Å². The quantitative estimate of drug-likeness (QED) is 0.179. The van der Waals surface area contributed by atoms with Crippen LogP contribution >= 0.6 is 0 Å². The van der Waals surface area contributed by atoms with Crippen LogP contribution in [0.15, 0.2) is 54.9 Å². The molecule has 14 heteroatoms. The summed E-state index contributed by atoms with van der Waals surface area (Å²) in [5, 5.41) is 27.7. The smallest absolute Gasteiger partial charge is 0.288 e. The third kappa shape index (κ3) is 5.94. The van der Waals surface area contributed by atoms with E-state index in [2.05, 4.69) is 25.4 Å². The molecule has 0 spiro atoms. The van der Waals surface area contributed by atoms with Gasteiger partial charge in [-0.25, -0.2) is 14.6 Å². The number of nitrogens with two attached hydrogens (primary N) is 1. The van der Waals surface area contributed by atoms with Gasteiger partial charge in [-0.05, 0) is 30.2 Å². The lowest BCUT2D eigenvalue weighted by atomic mass is 10.0. The predicted molar refractivity (Wildman–Crippen MR) is 144 cm³/mol. The SMILES string of the molecule is Cc1ccc2nc(CN(C)C(=O)[C@@H](Cc3ccccc3)NC(=O)[C@H]3O[C@@H](n4cnc(C(N)=O)n4)[C@H](O)[C@@H]3O)[nH]c2c1. The van der Waals surface area contributed by atoms with Crippen LogP contribution in [0.1, 0.15) is 33.8 Å². The van der Waals surface area contributed by atoms with Crippen molar-refractivity contribution >= 4 is 28.8 Å². The molecule has 5 rings (SSSR count). The second-order valence-electron chi connectivity index (χ2n) is 9.99. The van der Waals surface area contributed by atoms with E-state index >= 15 is 0 Å². The number of hydrogen-bond acceptors (Lipinski definition) is 9. The van der Waals surface area contributed by atoms with E-state index in [1.807, 2.05) is 55.5 Å². The minimum Gasteiger partial charge on any atom is -0.387 e. The number of aliphatic hydroxyl groups is 2. The van der Waals surface area contributed by atoms with E-state index in [-0.39, 0.29) is 18.8 Å². The van der Waals surface area contributed by atoms with E-state index in [4.69, 9.17) is 10.5 Å². The highest BCUT2D eigenvalue weighted by atomic mass is 16.6. The number of imidazole rings is 1. The lowest BCUT2D eigenvalue weighted by molar-refractivity contribution is -0.143. The van der Waals surface area contributed by atoms with Crippen molar-refractivity contribution in [3.63, 3.8) is 0 Å². The second kappa shape index (κ2) is 11.4. The van der Waals surface area contributed by atoms with Gasteiger partial charge in [0.2, 0.25) is 11.7 Å². The van der Waals surface area contributed by atoms with Crippen molar-refractivity contribution in [3.8, 4) is 0 Å². The van der Waals surface area contributed by atoms with Crippen LogP contribution in [0.25, 0.3) is 11.0 Å². The molecule has 2 aromatic carbocycles. The monoisotopic (exact) mass is 562 g/mol. The van der Waals surface area contributed by atoms with Gasteiger partial charge in [0.25, 0.3) is 11.8 Å². The van der Waals surface area contributed by atoms with Gasteiger partial charge < -0.3 is 35.9 Å². The number of aromatic amines is 1. The number of benzene rings is 2. The Bertz CT molecular complexity index is 1570. The molecule has 3 amide bonds. The third-order valence-corrected chi connectivity index (χ3v) is 6.83. The Morgan fingerprint density at radius 1 is 1.17 bits per heavy atom. The number of nitrogens with zero attached hydrogens (tertiary/aromatic N) is 5. The number of carbonyl (C=O) groups is 3. The first-order valence-corrected chi connectivity index (χ1v) is 12.9. The molecule has 1 aliphatic rings. The van der Waals surface area contributed by atoms with Crippen LogP contribution in [0.3, 0.4) is 0 Å². The normalized spacial score (nSPS) is 21.1. The summed E-state index contributed by atoms with van der Waals surface area (Å²) in [7, 11) is 1.60. The maximum absolute atomic E-state index is 13.6. The molecule has 1 fully saturated rings. The first-order chi connectivity index (χ1) is 19.6. The average molecular weight is 563 g/mol. The van der Waals surface area contributed by atoms with E-state index in [1.54, 1.807) is 7.05 Å². The molecule has 0 bridgehead atoms. The van der Waals surface area contributed by atoms with Crippen molar-refractivity contribution in [1.29, 1.82) is 0 Å². The largest absolute Gasteiger partial charge is 0.387 e. The number of rotatable bonds is 9. The van der Waals surface area contributed by atoms with Gasteiger partial charge in [-0.3, -0.25) is 14.4 Å². The van der Waals surface area contributed by atoms with E-state index in [0.29, 0.717) is 5.82 Å². The van der Waals surface area contributed by atoms with Gasteiger partial charge in [-0.15, -0.1) is 5.10 Å². The molecule has 4 aromatic rings. The molecule has 0 aliphatic carbocycles. The number of fused-ring (bicyclic) bond motifs is 1. The molecule has 41 heavy (non-hydrogen) atoms. The predicted octanol–water partition coefficient (Wildman–Crippen LogP) is -0.433. The summed E-state index contributed by atoms with van der Waals surface area (Å²) in [6.07, 6.45) is -4.82. The summed E-state index contributed by atoms with van der Waals surface area (Å²) >= 11 is 0. The van der Waals surface area contributed by atoms with E-state index in [1.165, 1.54) is 4.90 Å². The number of carbonyl (C=O) groups excluding carboxylic acids is 3. The average Bonchev–Trinajstić information content (AvgIpc) is 3.66. The minimum atomic E-state index is -1.65. The van der Waals surface area contributed by atoms with Crippen molar-refractivity contribution in [1.82, 2.24) is 34.9 Å². The number of hydrogen-bond donors (Lipinski definition) is 5. The van der Waals surface area contributed by atoms with Crippen molar-refractivity contribution in [2.45, 2.75) is 50.5 Å². The number of primary amides is 1. The number of amides is 3. The molecule has 1 saturated heterocycles. The Hall–Kier alpha value is -4.66. The topological polar surface area (TPSA) is 202 Å². The van der Waals surface area contributed by atoms with Gasteiger partial charge >= 0.3 is 0 Å². The highest BCUT2D eigenvalue weighted by Gasteiger charge is 2.48. The molecule has 1 aliphatic heterocycles. The lowest BCUT2D eigenvalue weighted by Crippen LogP contribution is -2.53. The molecule has 0 saturated carbocycles. The number of H-pyrrole nitrogens is 1. The van der Waals surface area contributed by atoms with Crippen LogP contribution in [0.4, 0.5) is 0 Å². The molecule has 5 atom stereocenters. The molecule has 0 unspecified atom stereocenters. The van der Waals surface area contributed by atoms with Crippen LogP contribution in [0.5, 0.6) is 0 Å². The third-order valence-electron chi connectivity index (χ3n) is 6.83. The summed E-state index contributed by atoms with van der Waals surface area (Å²) in [5.74, 6) is -1.84. The van der Waals surface area contributed by atoms with Crippen molar-refractivity contribution in [2.75, 3.05) is 7.05 Å². The number of aryl methyl sites for hydroxylation is 1. The number of ether oxygens (including phenoxy) is 1.